The number of nitrogens with one attached hydrogen (secondary N) is 2. The van der Waals surface area contributed by atoms with Crippen LogP contribution in [0.15, 0.2) is 21.3 Å². The van der Waals surface area contributed by atoms with E-state index in [0.717, 1.165) is 19.4 Å². The summed E-state index contributed by atoms with van der Waals surface area (Å²) in [5.74, 6) is -0.409. The monoisotopic (exact) mass is 320 g/mol. The minimum atomic E-state index is -0.532. The highest BCUT2D eigenvalue weighted by molar-refractivity contribution is 6.02. The average molecular weight is 320 g/mol. The minimum Gasteiger partial charge on any atom is -0.431 e. The van der Waals surface area contributed by atoms with Gasteiger partial charge in [0.2, 0.25) is 0 Å². The molecule has 23 heavy (non-hydrogen) atoms. The van der Waals surface area contributed by atoms with Gasteiger partial charge < -0.3 is 19.0 Å². The Morgan fingerprint density at radius 3 is 2.91 bits per heavy atom. The maximum absolute atomic E-state index is 11.9. The quantitative estimate of drug-likeness (QED) is 0.847. The molecule has 2 amide bonds. The third-order valence-electron chi connectivity index (χ3n) is 3.33. The van der Waals surface area contributed by atoms with Gasteiger partial charge in [0.15, 0.2) is 11.4 Å². The van der Waals surface area contributed by atoms with E-state index >= 15 is 0 Å². The lowest BCUT2D eigenvalue weighted by molar-refractivity contribution is 0.0853. The number of hydrogen-bond acceptors (Lipinski definition) is 7. The van der Waals surface area contributed by atoms with Crippen LogP contribution in [0, 0.1) is 6.92 Å². The van der Waals surface area contributed by atoms with Crippen molar-refractivity contribution >= 4 is 17.8 Å². The predicted molar refractivity (Wildman–Crippen MR) is 77.0 cm³/mol. The molecule has 0 aromatic carbocycles. The maximum Gasteiger partial charge on any atom is 0.302 e. The molecule has 1 fully saturated rings. The van der Waals surface area contributed by atoms with Crippen LogP contribution in [0.2, 0.25) is 0 Å². The minimum absolute atomic E-state index is 0.0421. The normalized spacial score (nSPS) is 17.2. The van der Waals surface area contributed by atoms with Crippen LogP contribution in [0.3, 0.4) is 0 Å². The van der Waals surface area contributed by atoms with Gasteiger partial charge in [-0.05, 0) is 19.8 Å². The zero-order valence-corrected chi connectivity index (χ0v) is 12.5. The number of anilines is 1. The van der Waals surface area contributed by atoms with Gasteiger partial charge in [-0.15, -0.1) is 0 Å². The Hall–Kier alpha value is -2.68. The van der Waals surface area contributed by atoms with E-state index in [4.69, 9.17) is 13.7 Å². The molecule has 0 saturated carbocycles. The van der Waals surface area contributed by atoms with Gasteiger partial charge in [0.1, 0.15) is 12.0 Å². The molecular formula is C14H16N4O5. The van der Waals surface area contributed by atoms with Crippen molar-refractivity contribution in [1.29, 1.82) is 0 Å². The fraction of sp³-hybridized carbons (Fsp3) is 0.429. The molecule has 3 heterocycles. The smallest absolute Gasteiger partial charge is 0.302 e. The maximum atomic E-state index is 11.9. The van der Waals surface area contributed by atoms with Crippen molar-refractivity contribution < 1.29 is 23.3 Å². The van der Waals surface area contributed by atoms with E-state index in [-0.39, 0.29) is 29.4 Å². The lowest BCUT2D eigenvalue weighted by Crippen LogP contribution is -2.31. The van der Waals surface area contributed by atoms with Crippen LogP contribution >= 0.6 is 0 Å². The van der Waals surface area contributed by atoms with E-state index in [9.17, 15) is 9.59 Å². The number of oxazole rings is 1. The second kappa shape index (κ2) is 6.61. The molecule has 2 aromatic rings. The molecule has 0 radical (unpaired) electrons. The van der Waals surface area contributed by atoms with E-state index < -0.39 is 5.91 Å². The molecule has 9 nitrogen and oxygen atoms in total. The zero-order valence-electron chi connectivity index (χ0n) is 12.5. The fourth-order valence-corrected chi connectivity index (χ4v) is 2.17. The molecule has 0 unspecified atom stereocenters. The van der Waals surface area contributed by atoms with Crippen molar-refractivity contribution in [3.05, 3.63) is 29.5 Å². The Balaban J connectivity index is 1.54. The summed E-state index contributed by atoms with van der Waals surface area (Å²) >= 11 is 0. The number of hydrogen-bond donors (Lipinski definition) is 2. The Labute approximate surface area is 131 Å². The van der Waals surface area contributed by atoms with Gasteiger partial charge in [0.25, 0.3) is 11.8 Å². The van der Waals surface area contributed by atoms with Crippen molar-refractivity contribution in [1.82, 2.24) is 15.5 Å². The first-order chi connectivity index (χ1) is 11.1. The topological polar surface area (TPSA) is 119 Å². The van der Waals surface area contributed by atoms with E-state index in [1.807, 2.05) is 0 Å². The molecule has 1 aliphatic heterocycles. The molecule has 0 spiro atoms. The van der Waals surface area contributed by atoms with Gasteiger partial charge in [-0.3, -0.25) is 14.9 Å². The Kier molecular flexibility index (Phi) is 4.38. The standard InChI is InChI=1S/C14H16N4O5/c1-8-5-10(18-23-8)13(20)17-14-16-11(7-22-14)12(19)15-6-9-3-2-4-21-9/h5,7,9H,2-4,6H2,1H3,(H,15,19)(H,16,17,20)/t9-/m1/s1. The zero-order chi connectivity index (χ0) is 16.2. The van der Waals surface area contributed by atoms with Crippen molar-refractivity contribution in [3.63, 3.8) is 0 Å². The predicted octanol–water partition coefficient (Wildman–Crippen LogP) is 1.13. The van der Waals surface area contributed by atoms with E-state index in [0.29, 0.717) is 12.3 Å². The number of carbonyl (C=O) groups is 2. The number of amides is 2. The summed E-state index contributed by atoms with van der Waals surface area (Å²) in [6, 6.07) is 1.39. The van der Waals surface area contributed by atoms with Gasteiger partial charge >= 0.3 is 6.01 Å². The van der Waals surface area contributed by atoms with Gasteiger partial charge in [0.05, 0.1) is 6.10 Å². The van der Waals surface area contributed by atoms with E-state index in [1.54, 1.807) is 6.92 Å². The highest BCUT2D eigenvalue weighted by atomic mass is 16.5. The molecule has 122 valence electrons. The summed E-state index contributed by atoms with van der Waals surface area (Å²) in [6.07, 6.45) is 3.15. The van der Waals surface area contributed by atoms with Crippen LogP contribution in [0.5, 0.6) is 0 Å². The average Bonchev–Trinajstić information content (AvgIpc) is 3.26. The largest absolute Gasteiger partial charge is 0.431 e. The molecule has 0 bridgehead atoms. The summed E-state index contributed by atoms with van der Waals surface area (Å²) in [6.45, 7) is 2.82. The van der Waals surface area contributed by atoms with Gasteiger partial charge in [-0.1, -0.05) is 5.16 Å². The lowest BCUT2D eigenvalue weighted by atomic mass is 10.2. The molecule has 2 aromatic heterocycles. The molecule has 1 saturated heterocycles. The second-order valence-corrected chi connectivity index (χ2v) is 5.16. The molecule has 1 aliphatic rings. The van der Waals surface area contributed by atoms with Crippen LogP contribution in [0.1, 0.15) is 39.6 Å². The van der Waals surface area contributed by atoms with Crippen molar-refractivity contribution in [3.8, 4) is 0 Å². The number of ether oxygens (including phenoxy) is 1. The van der Waals surface area contributed by atoms with Crippen molar-refractivity contribution in [2.24, 2.45) is 0 Å². The van der Waals surface area contributed by atoms with Crippen LogP contribution in [-0.2, 0) is 4.74 Å². The lowest BCUT2D eigenvalue weighted by Gasteiger charge is -2.09. The first kappa shape index (κ1) is 15.2. The van der Waals surface area contributed by atoms with Gasteiger partial charge in [-0.25, -0.2) is 0 Å². The van der Waals surface area contributed by atoms with Crippen LogP contribution in [-0.4, -0.2) is 41.2 Å². The number of carbonyl (C=O) groups excluding carboxylic acids is 2. The molecule has 3 rings (SSSR count). The van der Waals surface area contributed by atoms with Crippen LogP contribution in [0.25, 0.3) is 0 Å². The summed E-state index contributed by atoms with van der Waals surface area (Å²) < 4.78 is 15.3. The van der Waals surface area contributed by atoms with E-state index in [1.165, 1.54) is 12.3 Å². The van der Waals surface area contributed by atoms with Gasteiger partial charge in [-0.2, -0.15) is 4.98 Å². The van der Waals surface area contributed by atoms with Crippen molar-refractivity contribution in [2.75, 3.05) is 18.5 Å². The highest BCUT2D eigenvalue weighted by Gasteiger charge is 2.19. The highest BCUT2D eigenvalue weighted by Crippen LogP contribution is 2.12. The summed E-state index contributed by atoms with van der Waals surface area (Å²) in [4.78, 5) is 27.7. The van der Waals surface area contributed by atoms with Crippen LogP contribution < -0.4 is 10.6 Å². The number of nitrogens with zero attached hydrogens (tertiary/aromatic N) is 2. The second-order valence-electron chi connectivity index (χ2n) is 5.16. The van der Waals surface area contributed by atoms with Crippen LogP contribution in [0.4, 0.5) is 6.01 Å². The Bertz CT molecular complexity index is 702. The number of aromatic nitrogens is 2. The third kappa shape index (κ3) is 3.75. The Morgan fingerprint density at radius 1 is 1.35 bits per heavy atom. The fourth-order valence-electron chi connectivity index (χ4n) is 2.17. The number of rotatable bonds is 5. The molecule has 2 N–H and O–H groups in total. The van der Waals surface area contributed by atoms with Gasteiger partial charge in [0, 0.05) is 19.2 Å². The van der Waals surface area contributed by atoms with E-state index in [2.05, 4.69) is 20.8 Å². The molecular weight excluding hydrogens is 304 g/mol. The molecule has 1 atom stereocenters. The third-order valence-corrected chi connectivity index (χ3v) is 3.33. The SMILES string of the molecule is Cc1cc(C(=O)Nc2nc(C(=O)NC[C@H]3CCCO3)co2)no1. The first-order valence-electron chi connectivity index (χ1n) is 7.22. The molecule has 9 heteroatoms. The summed E-state index contributed by atoms with van der Waals surface area (Å²) in [7, 11) is 0. The summed E-state index contributed by atoms with van der Waals surface area (Å²) in [5, 5.41) is 8.69. The first-order valence-corrected chi connectivity index (χ1v) is 7.22. The summed E-state index contributed by atoms with van der Waals surface area (Å²) in [5.41, 5.74) is 0.180. The Morgan fingerprint density at radius 2 is 2.22 bits per heavy atom. The number of aryl methyl sites for hydroxylation is 1. The molecule has 0 aliphatic carbocycles. The van der Waals surface area contributed by atoms with Crippen molar-refractivity contribution in [2.45, 2.75) is 25.9 Å².